The number of carboxylic acids is 1. The van der Waals surface area contributed by atoms with Gasteiger partial charge in [-0.25, -0.2) is 4.79 Å². The summed E-state index contributed by atoms with van der Waals surface area (Å²) in [5.74, 6) is -0.837. The number of aliphatic carboxylic acids is 1. The Balaban J connectivity index is 2.20. The number of hydrogen-bond donors (Lipinski definition) is 3. The first kappa shape index (κ1) is 15.5. The molecule has 0 bridgehead atoms. The molecule has 5 nitrogen and oxygen atoms in total. The van der Waals surface area contributed by atoms with Crippen molar-refractivity contribution in [1.29, 1.82) is 0 Å². The number of hydrogen-bond acceptors (Lipinski definition) is 2. The third kappa shape index (κ3) is 5.77. The Bertz CT molecular complexity index is 362. The molecule has 1 aliphatic carbocycles. The van der Waals surface area contributed by atoms with E-state index in [2.05, 4.69) is 30.6 Å². The van der Waals surface area contributed by atoms with Gasteiger partial charge in [-0.05, 0) is 25.7 Å². The molecule has 0 radical (unpaired) electrons. The van der Waals surface area contributed by atoms with Crippen molar-refractivity contribution in [2.45, 2.75) is 46.0 Å². The monoisotopic (exact) mass is 268 g/mol. The Hall–Kier alpha value is -1.52. The fourth-order valence-corrected chi connectivity index (χ4v) is 2.20. The summed E-state index contributed by atoms with van der Waals surface area (Å²) < 4.78 is 0. The lowest BCUT2D eigenvalue weighted by Gasteiger charge is -2.27. The zero-order chi connectivity index (χ0) is 14.3. The molecule has 2 amide bonds. The van der Waals surface area contributed by atoms with Crippen LogP contribution in [0, 0.1) is 5.41 Å². The van der Waals surface area contributed by atoms with Crippen LogP contribution in [0.3, 0.4) is 0 Å². The predicted molar refractivity (Wildman–Crippen MR) is 74.0 cm³/mol. The summed E-state index contributed by atoms with van der Waals surface area (Å²) in [7, 11) is 0. The summed E-state index contributed by atoms with van der Waals surface area (Å²) in [6, 6.07) is -0.225. The van der Waals surface area contributed by atoms with Gasteiger partial charge in [0.15, 0.2) is 0 Å². The lowest BCUT2D eigenvalue weighted by atomic mass is 9.83. The van der Waals surface area contributed by atoms with Gasteiger partial charge in [-0.1, -0.05) is 25.5 Å². The molecule has 0 fully saturated rings. The van der Waals surface area contributed by atoms with Crippen molar-refractivity contribution in [3.63, 3.8) is 0 Å². The number of allylic oxidation sites excluding steroid dienone is 1. The van der Waals surface area contributed by atoms with E-state index in [4.69, 9.17) is 5.11 Å². The maximum atomic E-state index is 11.6. The van der Waals surface area contributed by atoms with Crippen molar-refractivity contribution < 1.29 is 14.7 Å². The SMILES string of the molecule is CC(C)(CNC(=O)NCCCC(=O)O)C1=CCCC1. The molecule has 0 unspecified atom stereocenters. The van der Waals surface area contributed by atoms with Crippen LogP contribution < -0.4 is 10.6 Å². The summed E-state index contributed by atoms with van der Waals surface area (Å²) in [5, 5.41) is 14.0. The van der Waals surface area contributed by atoms with Crippen LogP contribution >= 0.6 is 0 Å². The summed E-state index contributed by atoms with van der Waals surface area (Å²) in [5.41, 5.74) is 1.41. The average molecular weight is 268 g/mol. The fraction of sp³-hybridized carbons (Fsp3) is 0.714. The topological polar surface area (TPSA) is 78.4 Å². The minimum absolute atomic E-state index is 0.00506. The lowest BCUT2D eigenvalue weighted by Crippen LogP contribution is -2.41. The van der Waals surface area contributed by atoms with E-state index in [1.807, 2.05) is 0 Å². The Morgan fingerprint density at radius 2 is 2.11 bits per heavy atom. The number of carbonyl (C=O) groups excluding carboxylic acids is 1. The molecule has 5 heteroatoms. The van der Waals surface area contributed by atoms with Gasteiger partial charge in [0, 0.05) is 24.9 Å². The minimum Gasteiger partial charge on any atom is -0.481 e. The smallest absolute Gasteiger partial charge is 0.314 e. The van der Waals surface area contributed by atoms with E-state index in [9.17, 15) is 9.59 Å². The van der Waals surface area contributed by atoms with E-state index >= 15 is 0 Å². The molecular weight excluding hydrogens is 244 g/mol. The van der Waals surface area contributed by atoms with Crippen LogP contribution in [-0.2, 0) is 4.79 Å². The highest BCUT2D eigenvalue weighted by molar-refractivity contribution is 5.74. The van der Waals surface area contributed by atoms with Crippen LogP contribution in [0.15, 0.2) is 11.6 Å². The van der Waals surface area contributed by atoms with Gasteiger partial charge >= 0.3 is 12.0 Å². The number of rotatable bonds is 7. The van der Waals surface area contributed by atoms with Crippen molar-refractivity contribution in [2.24, 2.45) is 5.41 Å². The van der Waals surface area contributed by atoms with E-state index < -0.39 is 5.97 Å². The van der Waals surface area contributed by atoms with Gasteiger partial charge in [0.1, 0.15) is 0 Å². The van der Waals surface area contributed by atoms with Crippen molar-refractivity contribution in [2.75, 3.05) is 13.1 Å². The van der Waals surface area contributed by atoms with Gasteiger partial charge in [-0.3, -0.25) is 4.79 Å². The molecular formula is C14H24N2O3. The largest absolute Gasteiger partial charge is 0.481 e. The number of nitrogens with one attached hydrogen (secondary N) is 2. The molecule has 0 aromatic heterocycles. The van der Waals surface area contributed by atoms with E-state index in [0.717, 1.165) is 12.8 Å². The van der Waals surface area contributed by atoms with E-state index in [1.165, 1.54) is 12.0 Å². The zero-order valence-electron chi connectivity index (χ0n) is 11.8. The quantitative estimate of drug-likeness (QED) is 0.489. The van der Waals surface area contributed by atoms with Crippen molar-refractivity contribution >= 4 is 12.0 Å². The summed E-state index contributed by atoms with van der Waals surface area (Å²) in [6.07, 6.45) is 6.28. The second-order valence-corrected chi connectivity index (χ2v) is 5.61. The second-order valence-electron chi connectivity index (χ2n) is 5.61. The van der Waals surface area contributed by atoms with Gasteiger partial charge < -0.3 is 15.7 Å². The molecule has 0 saturated carbocycles. The third-order valence-corrected chi connectivity index (χ3v) is 3.45. The Morgan fingerprint density at radius 1 is 1.37 bits per heavy atom. The molecule has 0 heterocycles. The standard InChI is InChI=1S/C14H24N2O3/c1-14(2,11-6-3-4-7-11)10-16-13(19)15-9-5-8-12(17)18/h6H,3-5,7-10H2,1-2H3,(H,17,18)(H2,15,16,19). The molecule has 19 heavy (non-hydrogen) atoms. The van der Waals surface area contributed by atoms with Crippen molar-refractivity contribution in [3.05, 3.63) is 11.6 Å². The Kier molecular flexibility index (Phi) is 5.86. The highest BCUT2D eigenvalue weighted by Crippen LogP contribution is 2.33. The maximum absolute atomic E-state index is 11.6. The Morgan fingerprint density at radius 3 is 2.68 bits per heavy atom. The molecule has 1 aliphatic rings. The van der Waals surface area contributed by atoms with Crippen LogP contribution in [-0.4, -0.2) is 30.2 Å². The first-order valence-electron chi connectivity index (χ1n) is 6.85. The molecule has 0 atom stereocenters. The van der Waals surface area contributed by atoms with Gasteiger partial charge in [-0.15, -0.1) is 0 Å². The fourth-order valence-electron chi connectivity index (χ4n) is 2.20. The molecule has 108 valence electrons. The van der Waals surface area contributed by atoms with Gasteiger partial charge in [0.2, 0.25) is 0 Å². The second kappa shape index (κ2) is 7.16. The van der Waals surface area contributed by atoms with Gasteiger partial charge in [-0.2, -0.15) is 0 Å². The summed E-state index contributed by atoms with van der Waals surface area (Å²) in [4.78, 5) is 21.9. The number of amides is 2. The van der Waals surface area contributed by atoms with Crippen LogP contribution in [0.25, 0.3) is 0 Å². The predicted octanol–water partition coefficient (Wildman–Crippen LogP) is 2.29. The van der Waals surface area contributed by atoms with E-state index in [-0.39, 0.29) is 17.9 Å². The average Bonchev–Trinajstić information content (AvgIpc) is 2.86. The zero-order valence-corrected chi connectivity index (χ0v) is 11.8. The Labute approximate surface area is 114 Å². The maximum Gasteiger partial charge on any atom is 0.314 e. The van der Waals surface area contributed by atoms with E-state index in [0.29, 0.717) is 19.5 Å². The molecule has 0 saturated heterocycles. The first-order chi connectivity index (χ1) is 8.92. The van der Waals surface area contributed by atoms with Crippen LogP contribution in [0.5, 0.6) is 0 Å². The highest BCUT2D eigenvalue weighted by Gasteiger charge is 2.25. The van der Waals surface area contributed by atoms with Crippen LogP contribution in [0.4, 0.5) is 4.79 Å². The van der Waals surface area contributed by atoms with Crippen LogP contribution in [0.2, 0.25) is 0 Å². The lowest BCUT2D eigenvalue weighted by molar-refractivity contribution is -0.137. The van der Waals surface area contributed by atoms with Crippen molar-refractivity contribution in [1.82, 2.24) is 10.6 Å². The van der Waals surface area contributed by atoms with E-state index in [1.54, 1.807) is 0 Å². The van der Waals surface area contributed by atoms with Crippen molar-refractivity contribution in [3.8, 4) is 0 Å². The number of carboxylic acid groups (broad SMARTS) is 1. The van der Waals surface area contributed by atoms with Gasteiger partial charge in [0.05, 0.1) is 0 Å². The first-order valence-corrected chi connectivity index (χ1v) is 6.85. The highest BCUT2D eigenvalue weighted by atomic mass is 16.4. The molecule has 0 spiro atoms. The molecule has 3 N–H and O–H groups in total. The third-order valence-electron chi connectivity index (χ3n) is 3.45. The van der Waals surface area contributed by atoms with Crippen LogP contribution in [0.1, 0.15) is 46.0 Å². The number of urea groups is 1. The minimum atomic E-state index is -0.837. The summed E-state index contributed by atoms with van der Waals surface area (Å²) >= 11 is 0. The molecule has 0 aliphatic heterocycles. The molecule has 1 rings (SSSR count). The molecule has 0 aromatic carbocycles. The summed E-state index contributed by atoms with van der Waals surface area (Å²) in [6.45, 7) is 5.26. The number of carbonyl (C=O) groups is 2. The normalized spacial score (nSPS) is 14.9. The van der Waals surface area contributed by atoms with Gasteiger partial charge in [0.25, 0.3) is 0 Å². The molecule has 0 aromatic rings.